The fourth-order valence-electron chi connectivity index (χ4n) is 2.24. The van der Waals surface area contributed by atoms with Gasteiger partial charge in [0.1, 0.15) is 8.80 Å². The van der Waals surface area contributed by atoms with E-state index in [1.807, 2.05) is 13.8 Å². The maximum absolute atomic E-state index is 2.35. The molecule has 0 atom stereocenters. The summed E-state index contributed by atoms with van der Waals surface area (Å²) in [5, 5.41) is 3.32. The van der Waals surface area contributed by atoms with E-state index in [1.165, 1.54) is 10.4 Å². The van der Waals surface area contributed by atoms with Crippen LogP contribution in [0.25, 0.3) is 0 Å². The third-order valence-corrected chi connectivity index (χ3v) is 6.20. The van der Waals surface area contributed by atoms with Gasteiger partial charge in [0.25, 0.3) is 0 Å². The Morgan fingerprint density at radius 3 is 1.21 bits per heavy atom. The van der Waals surface area contributed by atoms with Gasteiger partial charge in [0, 0.05) is 0 Å². The normalized spacial score (nSPS) is 10.8. The highest BCUT2D eigenvalue weighted by Crippen LogP contribution is 2.26. The van der Waals surface area contributed by atoms with Gasteiger partial charge in [0.15, 0.2) is 0 Å². The van der Waals surface area contributed by atoms with Gasteiger partial charge in [-0.2, -0.15) is 0 Å². The molecule has 0 amide bonds. The first-order chi connectivity index (χ1) is 9.09. The van der Waals surface area contributed by atoms with Gasteiger partial charge in [0.2, 0.25) is 0 Å². The highest BCUT2D eigenvalue weighted by Gasteiger charge is 2.29. The summed E-state index contributed by atoms with van der Waals surface area (Å²) in [6, 6.07) is 21.9. The van der Waals surface area contributed by atoms with Crippen molar-refractivity contribution >= 4 is 19.2 Å². The molecular weight excluding hydrogens is 244 g/mol. The van der Waals surface area contributed by atoms with Crippen LogP contribution in [-0.2, 0) is 0 Å². The van der Waals surface area contributed by atoms with Crippen molar-refractivity contribution in [2.75, 3.05) is 0 Å². The molecule has 101 valence electrons. The zero-order valence-electron chi connectivity index (χ0n) is 12.8. The zero-order chi connectivity index (χ0) is 14.3. The summed E-state index contributed by atoms with van der Waals surface area (Å²) in [4.78, 5) is 0. The molecule has 0 nitrogen and oxygen atoms in total. The van der Waals surface area contributed by atoms with Gasteiger partial charge in [-0.25, -0.2) is 0 Å². The Kier molecular flexibility index (Phi) is 6.03. The lowest BCUT2D eigenvalue weighted by Crippen LogP contribution is -2.48. The average molecular weight is 269 g/mol. The first kappa shape index (κ1) is 15.7. The molecule has 0 aliphatic rings. The molecular formula is C18H25Si. The molecule has 0 unspecified atom stereocenters. The van der Waals surface area contributed by atoms with Crippen LogP contribution in [0.5, 0.6) is 0 Å². The van der Waals surface area contributed by atoms with Gasteiger partial charge in [0.05, 0.1) is 0 Å². The van der Waals surface area contributed by atoms with Crippen LogP contribution in [0.2, 0.25) is 5.04 Å². The van der Waals surface area contributed by atoms with Crippen molar-refractivity contribution in [3.05, 3.63) is 60.7 Å². The monoisotopic (exact) mass is 269 g/mol. The first-order valence-electron chi connectivity index (χ1n) is 7.07. The van der Waals surface area contributed by atoms with Crippen molar-refractivity contribution in [3.63, 3.8) is 0 Å². The Bertz CT molecular complexity index is 415. The Hall–Kier alpha value is -1.34. The van der Waals surface area contributed by atoms with Gasteiger partial charge in [-0.15, -0.1) is 0 Å². The summed E-state index contributed by atoms with van der Waals surface area (Å²) >= 11 is 0. The highest BCUT2D eigenvalue weighted by atomic mass is 28.3. The molecule has 0 bridgehead atoms. The molecule has 0 saturated carbocycles. The first-order valence-corrected chi connectivity index (χ1v) is 8.57. The van der Waals surface area contributed by atoms with Crippen LogP contribution in [0, 0.1) is 0 Å². The van der Waals surface area contributed by atoms with Crippen LogP contribution >= 0.6 is 0 Å². The second-order valence-electron chi connectivity index (χ2n) is 5.36. The molecule has 0 saturated heterocycles. The minimum absolute atomic E-state index is 0.327. The molecule has 0 spiro atoms. The van der Waals surface area contributed by atoms with Crippen LogP contribution in [0.4, 0.5) is 0 Å². The fraction of sp³-hybridized carbons (Fsp3) is 0.333. The van der Waals surface area contributed by atoms with Crippen LogP contribution in [0.1, 0.15) is 34.6 Å². The summed E-state index contributed by atoms with van der Waals surface area (Å²) in [6.07, 6.45) is 0. The van der Waals surface area contributed by atoms with Crippen LogP contribution in [0.15, 0.2) is 60.7 Å². The quantitative estimate of drug-likeness (QED) is 0.719. The van der Waals surface area contributed by atoms with Crippen molar-refractivity contribution in [1.29, 1.82) is 0 Å². The van der Waals surface area contributed by atoms with Gasteiger partial charge in [-0.05, 0) is 5.04 Å². The lowest BCUT2D eigenvalue weighted by atomic mass is 10.2. The fourth-order valence-corrected chi connectivity index (χ4v) is 5.36. The Balaban J connectivity index is 0.000000861. The average Bonchev–Trinajstić information content (AvgIpc) is 2.42. The predicted molar refractivity (Wildman–Crippen MR) is 89.0 cm³/mol. The minimum atomic E-state index is -0.715. The van der Waals surface area contributed by atoms with Gasteiger partial charge in [-0.3, -0.25) is 0 Å². The highest BCUT2D eigenvalue weighted by molar-refractivity contribution is 6.87. The molecule has 19 heavy (non-hydrogen) atoms. The maximum Gasteiger partial charge on any atom is 0.126 e. The van der Waals surface area contributed by atoms with Crippen molar-refractivity contribution in [1.82, 2.24) is 0 Å². The number of benzene rings is 2. The largest absolute Gasteiger partial charge is 0.126 e. The van der Waals surface area contributed by atoms with Crippen molar-refractivity contribution < 1.29 is 0 Å². The molecule has 0 heterocycles. The van der Waals surface area contributed by atoms with E-state index in [9.17, 15) is 0 Å². The molecule has 0 N–H and O–H groups in total. The molecule has 0 aromatic heterocycles. The van der Waals surface area contributed by atoms with Crippen molar-refractivity contribution in [2.24, 2.45) is 0 Å². The third kappa shape index (κ3) is 4.36. The molecule has 2 rings (SSSR count). The molecule has 0 aliphatic carbocycles. The Morgan fingerprint density at radius 2 is 0.947 bits per heavy atom. The molecule has 2 aromatic carbocycles. The van der Waals surface area contributed by atoms with Crippen LogP contribution in [0.3, 0.4) is 0 Å². The second kappa shape index (κ2) is 7.30. The lowest BCUT2D eigenvalue weighted by molar-refractivity contribution is 0.750. The van der Waals surface area contributed by atoms with E-state index >= 15 is 0 Å². The lowest BCUT2D eigenvalue weighted by Gasteiger charge is -2.29. The zero-order valence-corrected chi connectivity index (χ0v) is 13.8. The SMILES string of the molecule is CC.CC(C)(C)[Si](c1ccccc1)c1ccccc1. The molecule has 0 aliphatic heterocycles. The van der Waals surface area contributed by atoms with E-state index in [2.05, 4.69) is 81.4 Å². The maximum atomic E-state index is 2.35. The molecule has 0 fully saturated rings. The van der Waals surface area contributed by atoms with E-state index < -0.39 is 8.80 Å². The van der Waals surface area contributed by atoms with Crippen LogP contribution < -0.4 is 10.4 Å². The third-order valence-electron chi connectivity index (χ3n) is 2.87. The smallest absolute Gasteiger partial charge is 0.0683 e. The van der Waals surface area contributed by atoms with E-state index in [-0.39, 0.29) is 0 Å². The minimum Gasteiger partial charge on any atom is -0.0683 e. The molecule has 1 heteroatoms. The summed E-state index contributed by atoms with van der Waals surface area (Å²) in [5.41, 5.74) is 0. The summed E-state index contributed by atoms with van der Waals surface area (Å²) in [6.45, 7) is 11.0. The van der Waals surface area contributed by atoms with E-state index in [4.69, 9.17) is 0 Å². The summed E-state index contributed by atoms with van der Waals surface area (Å²) in [5.74, 6) is 0. The molecule has 2 aromatic rings. The van der Waals surface area contributed by atoms with Crippen molar-refractivity contribution in [2.45, 2.75) is 39.7 Å². The second-order valence-corrected chi connectivity index (χ2v) is 8.76. The molecule has 1 radical (unpaired) electrons. The topological polar surface area (TPSA) is 0 Å². The number of hydrogen-bond acceptors (Lipinski definition) is 0. The Morgan fingerprint density at radius 1 is 0.632 bits per heavy atom. The predicted octanol–water partition coefficient (Wildman–Crippen LogP) is 4.12. The Labute approximate surface area is 120 Å². The van der Waals surface area contributed by atoms with Gasteiger partial charge in [-0.1, -0.05) is 106 Å². The van der Waals surface area contributed by atoms with Crippen molar-refractivity contribution in [3.8, 4) is 0 Å². The van der Waals surface area contributed by atoms with E-state index in [0.29, 0.717) is 5.04 Å². The summed E-state index contributed by atoms with van der Waals surface area (Å²) in [7, 11) is -0.715. The van der Waals surface area contributed by atoms with E-state index in [0.717, 1.165) is 0 Å². The van der Waals surface area contributed by atoms with Gasteiger partial charge < -0.3 is 0 Å². The van der Waals surface area contributed by atoms with E-state index in [1.54, 1.807) is 0 Å². The number of hydrogen-bond donors (Lipinski definition) is 0. The van der Waals surface area contributed by atoms with Crippen LogP contribution in [-0.4, -0.2) is 8.80 Å². The van der Waals surface area contributed by atoms with Gasteiger partial charge >= 0.3 is 0 Å². The number of rotatable bonds is 2. The standard InChI is InChI=1S/C16H19Si.C2H6/c1-16(2,3)17(14-10-6-4-7-11-14)15-12-8-5-9-13-15;1-2/h4-13H,1-3H3;1-2H3. The summed E-state index contributed by atoms with van der Waals surface area (Å²) < 4.78 is 0.